The number of hydrogen-bond donors (Lipinski definition) is 2. The van der Waals surface area contributed by atoms with Gasteiger partial charge in [-0.1, -0.05) is 30.3 Å². The first-order valence-corrected chi connectivity index (χ1v) is 6.90. The van der Waals surface area contributed by atoms with Crippen molar-refractivity contribution in [2.45, 2.75) is 12.8 Å². The molecule has 2 nitrogen and oxygen atoms in total. The first-order valence-electron chi connectivity index (χ1n) is 5.51. The smallest absolute Gasteiger partial charge is 0.0512 e. The second-order valence-electron chi connectivity index (χ2n) is 4.22. The molecule has 0 heterocycles. The highest BCUT2D eigenvalue weighted by molar-refractivity contribution is 7.98. The molecule has 1 aromatic carbocycles. The molecule has 1 rings (SSSR count). The van der Waals surface area contributed by atoms with Gasteiger partial charge in [0.15, 0.2) is 0 Å². The number of benzene rings is 1. The first-order chi connectivity index (χ1) is 7.76. The van der Waals surface area contributed by atoms with Crippen molar-refractivity contribution in [3.63, 3.8) is 0 Å². The van der Waals surface area contributed by atoms with Crippen LogP contribution in [0.4, 0.5) is 0 Å². The fourth-order valence-electron chi connectivity index (χ4n) is 1.76. The summed E-state index contributed by atoms with van der Waals surface area (Å²) in [6, 6.07) is 10.0. The van der Waals surface area contributed by atoms with E-state index in [1.807, 2.05) is 36.6 Å². The van der Waals surface area contributed by atoms with Gasteiger partial charge >= 0.3 is 0 Å². The Hall–Kier alpha value is -0.510. The Morgan fingerprint density at radius 1 is 1.12 bits per heavy atom. The maximum atomic E-state index is 9.50. The third-order valence-corrected chi connectivity index (χ3v) is 3.54. The molecule has 2 N–H and O–H groups in total. The highest BCUT2D eigenvalue weighted by Gasteiger charge is 2.28. The lowest BCUT2D eigenvalue weighted by atomic mass is 9.81. The molecule has 0 saturated heterocycles. The predicted octanol–water partition coefficient (Wildman–Crippen LogP) is 1.95. The number of thioether (sulfide) groups is 1. The van der Waals surface area contributed by atoms with E-state index < -0.39 is 0 Å². The molecule has 0 bridgehead atoms. The molecule has 0 radical (unpaired) electrons. The fraction of sp³-hybridized carbons (Fsp3) is 0.538. The van der Waals surface area contributed by atoms with E-state index in [4.69, 9.17) is 0 Å². The molecule has 0 amide bonds. The minimum atomic E-state index is -0.371. The van der Waals surface area contributed by atoms with Crippen molar-refractivity contribution in [3.05, 3.63) is 35.9 Å². The summed E-state index contributed by atoms with van der Waals surface area (Å²) in [6.45, 7) is 0.0813. The van der Waals surface area contributed by atoms with Gasteiger partial charge in [-0.25, -0.2) is 0 Å². The summed E-state index contributed by atoms with van der Waals surface area (Å²) < 4.78 is 0. The van der Waals surface area contributed by atoms with Gasteiger partial charge in [-0.05, 0) is 30.4 Å². The Labute approximate surface area is 102 Å². The van der Waals surface area contributed by atoms with E-state index in [9.17, 15) is 10.2 Å². The zero-order valence-corrected chi connectivity index (χ0v) is 10.5. The van der Waals surface area contributed by atoms with Crippen LogP contribution in [0.1, 0.15) is 12.0 Å². The average Bonchev–Trinajstić information content (AvgIpc) is 2.36. The molecule has 0 saturated carbocycles. The van der Waals surface area contributed by atoms with Crippen LogP contribution in [0.2, 0.25) is 0 Å². The van der Waals surface area contributed by atoms with E-state index >= 15 is 0 Å². The van der Waals surface area contributed by atoms with Crippen LogP contribution in [-0.4, -0.2) is 35.4 Å². The molecule has 0 aliphatic heterocycles. The second kappa shape index (κ2) is 6.94. The van der Waals surface area contributed by atoms with Gasteiger partial charge < -0.3 is 10.2 Å². The molecule has 0 spiro atoms. The fourth-order valence-corrected chi connectivity index (χ4v) is 2.39. The minimum absolute atomic E-state index is 0.0406. The van der Waals surface area contributed by atoms with Crippen molar-refractivity contribution in [3.8, 4) is 0 Å². The topological polar surface area (TPSA) is 40.5 Å². The third-order valence-electron chi connectivity index (χ3n) is 2.93. The van der Waals surface area contributed by atoms with Gasteiger partial charge in [0.1, 0.15) is 0 Å². The summed E-state index contributed by atoms with van der Waals surface area (Å²) in [7, 11) is 0. The maximum Gasteiger partial charge on any atom is 0.0512 e. The van der Waals surface area contributed by atoms with Crippen LogP contribution < -0.4 is 0 Å². The normalized spacial score (nSPS) is 11.7. The summed E-state index contributed by atoms with van der Waals surface area (Å²) in [5.74, 6) is 0.966. The molecule has 0 atom stereocenters. The molecule has 1 aromatic rings. The van der Waals surface area contributed by atoms with Gasteiger partial charge in [0.25, 0.3) is 0 Å². The van der Waals surface area contributed by atoms with Crippen LogP contribution in [-0.2, 0) is 6.42 Å². The third kappa shape index (κ3) is 3.81. The summed E-state index contributed by atoms with van der Waals surface area (Å²) in [4.78, 5) is 0. The van der Waals surface area contributed by atoms with Crippen LogP contribution in [0.3, 0.4) is 0 Å². The Bertz CT molecular complexity index is 283. The van der Waals surface area contributed by atoms with Gasteiger partial charge in [0.05, 0.1) is 13.2 Å². The van der Waals surface area contributed by atoms with Crippen LogP contribution in [0.15, 0.2) is 30.3 Å². The Balaban J connectivity index is 2.70. The predicted molar refractivity (Wildman–Crippen MR) is 69.7 cm³/mol. The van der Waals surface area contributed by atoms with Gasteiger partial charge in [-0.2, -0.15) is 11.8 Å². The Kier molecular flexibility index (Phi) is 5.88. The maximum absolute atomic E-state index is 9.50. The average molecular weight is 240 g/mol. The lowest BCUT2D eigenvalue weighted by Crippen LogP contribution is -2.33. The molecular weight excluding hydrogens is 220 g/mol. The van der Waals surface area contributed by atoms with Crippen LogP contribution in [0, 0.1) is 5.41 Å². The standard InChI is InChI=1S/C13H20O2S/c1-16-8-7-13(10-14,11-15)9-12-5-3-2-4-6-12/h2-6,14-15H,7-11H2,1H3. The van der Waals surface area contributed by atoms with E-state index in [1.54, 1.807) is 11.8 Å². The van der Waals surface area contributed by atoms with Crippen molar-refractivity contribution in [1.29, 1.82) is 0 Å². The largest absolute Gasteiger partial charge is 0.396 e. The van der Waals surface area contributed by atoms with Crippen molar-refractivity contribution < 1.29 is 10.2 Å². The quantitative estimate of drug-likeness (QED) is 0.765. The minimum Gasteiger partial charge on any atom is -0.396 e. The molecule has 16 heavy (non-hydrogen) atoms. The SMILES string of the molecule is CSCCC(CO)(CO)Cc1ccccc1. The molecule has 3 heteroatoms. The lowest BCUT2D eigenvalue weighted by molar-refractivity contribution is 0.0524. The molecule has 0 aliphatic carbocycles. The molecule has 0 aliphatic rings. The highest BCUT2D eigenvalue weighted by atomic mass is 32.2. The summed E-state index contributed by atoms with van der Waals surface area (Å²) >= 11 is 1.75. The summed E-state index contributed by atoms with van der Waals surface area (Å²) in [5, 5.41) is 19.0. The summed E-state index contributed by atoms with van der Waals surface area (Å²) in [6.07, 6.45) is 3.62. The highest BCUT2D eigenvalue weighted by Crippen LogP contribution is 2.27. The van der Waals surface area contributed by atoms with E-state index in [2.05, 4.69) is 0 Å². The van der Waals surface area contributed by atoms with Gasteiger partial charge in [0.2, 0.25) is 0 Å². The monoisotopic (exact) mass is 240 g/mol. The van der Waals surface area contributed by atoms with E-state index in [0.717, 1.165) is 18.6 Å². The van der Waals surface area contributed by atoms with E-state index in [-0.39, 0.29) is 18.6 Å². The van der Waals surface area contributed by atoms with E-state index in [0.29, 0.717) is 0 Å². The second-order valence-corrected chi connectivity index (χ2v) is 5.21. The molecule has 90 valence electrons. The number of rotatable bonds is 7. The van der Waals surface area contributed by atoms with Crippen molar-refractivity contribution in [1.82, 2.24) is 0 Å². The molecule has 0 fully saturated rings. The zero-order chi connectivity index (χ0) is 11.9. The van der Waals surface area contributed by atoms with Gasteiger partial charge in [-0.15, -0.1) is 0 Å². The van der Waals surface area contributed by atoms with Crippen LogP contribution in [0.25, 0.3) is 0 Å². The summed E-state index contributed by atoms with van der Waals surface area (Å²) in [5.41, 5.74) is 0.802. The number of aliphatic hydroxyl groups is 2. The number of hydrogen-bond acceptors (Lipinski definition) is 3. The van der Waals surface area contributed by atoms with Crippen molar-refractivity contribution in [2.75, 3.05) is 25.2 Å². The van der Waals surface area contributed by atoms with Crippen LogP contribution in [0.5, 0.6) is 0 Å². The lowest BCUT2D eigenvalue weighted by Gasteiger charge is -2.29. The van der Waals surface area contributed by atoms with Gasteiger partial charge in [-0.3, -0.25) is 0 Å². The first kappa shape index (κ1) is 13.6. The Morgan fingerprint density at radius 3 is 2.25 bits per heavy atom. The molecular formula is C13H20O2S. The van der Waals surface area contributed by atoms with Crippen molar-refractivity contribution >= 4 is 11.8 Å². The van der Waals surface area contributed by atoms with E-state index in [1.165, 1.54) is 5.56 Å². The van der Waals surface area contributed by atoms with Crippen LogP contribution >= 0.6 is 11.8 Å². The van der Waals surface area contributed by atoms with Gasteiger partial charge in [0, 0.05) is 5.41 Å². The Morgan fingerprint density at radius 2 is 1.75 bits per heavy atom. The molecule has 0 unspecified atom stereocenters. The zero-order valence-electron chi connectivity index (χ0n) is 9.72. The van der Waals surface area contributed by atoms with Crippen molar-refractivity contribution in [2.24, 2.45) is 5.41 Å². The molecule has 0 aromatic heterocycles. The number of aliphatic hydroxyl groups excluding tert-OH is 2.